The maximum absolute atomic E-state index is 12.5. The van der Waals surface area contributed by atoms with Gasteiger partial charge in [-0.05, 0) is 53.3 Å². The number of nitrogens with one attached hydrogen (secondary N) is 1. The van der Waals surface area contributed by atoms with Crippen molar-refractivity contribution in [2.45, 2.75) is 31.7 Å². The Bertz CT molecular complexity index is 1190. The third-order valence-electron chi connectivity index (χ3n) is 6.50. The second kappa shape index (κ2) is 10.4. The molecule has 0 unspecified atom stereocenters. The molecular formula is C28H28N2O5. The average Bonchev–Trinajstić information content (AvgIpc) is 3.19. The second-order valence-electron chi connectivity index (χ2n) is 8.67. The van der Waals surface area contributed by atoms with Crippen LogP contribution in [0.15, 0.2) is 72.8 Å². The van der Waals surface area contributed by atoms with Crippen LogP contribution in [0.25, 0.3) is 11.1 Å². The van der Waals surface area contributed by atoms with Crippen molar-refractivity contribution in [1.82, 2.24) is 4.90 Å². The monoisotopic (exact) mass is 472 g/mol. The van der Waals surface area contributed by atoms with Crippen molar-refractivity contribution in [3.63, 3.8) is 0 Å². The zero-order valence-electron chi connectivity index (χ0n) is 19.7. The SMILES string of the molecule is C[C@@H](C(=O)O)N(C)C(=O)CCc1ccc(NC(=O)OCC2c3ccccc3-c3ccccc32)cc1. The normalized spacial score (nSPS) is 12.9. The summed E-state index contributed by atoms with van der Waals surface area (Å²) in [7, 11) is 1.49. The minimum absolute atomic E-state index is 0.00459. The average molecular weight is 473 g/mol. The van der Waals surface area contributed by atoms with Gasteiger partial charge in [-0.25, -0.2) is 9.59 Å². The molecule has 0 radical (unpaired) electrons. The molecule has 0 aromatic heterocycles. The summed E-state index contributed by atoms with van der Waals surface area (Å²) < 4.78 is 5.57. The Labute approximate surface area is 204 Å². The van der Waals surface area contributed by atoms with Crippen LogP contribution in [0.1, 0.15) is 36.0 Å². The molecule has 0 aliphatic heterocycles. The Morgan fingerprint density at radius 3 is 2.09 bits per heavy atom. The van der Waals surface area contributed by atoms with Crippen LogP contribution in [-0.4, -0.2) is 47.7 Å². The fraction of sp³-hybridized carbons (Fsp3) is 0.250. The molecule has 0 spiro atoms. The van der Waals surface area contributed by atoms with Gasteiger partial charge in [0.2, 0.25) is 5.91 Å². The molecule has 2 amide bonds. The first-order valence-corrected chi connectivity index (χ1v) is 11.5. The summed E-state index contributed by atoms with van der Waals surface area (Å²) in [5.74, 6) is -1.28. The van der Waals surface area contributed by atoms with Crippen molar-refractivity contribution in [2.75, 3.05) is 19.0 Å². The lowest BCUT2D eigenvalue weighted by atomic mass is 9.98. The summed E-state index contributed by atoms with van der Waals surface area (Å²) in [6.45, 7) is 1.71. The number of nitrogens with zero attached hydrogens (tertiary/aromatic N) is 1. The molecule has 4 rings (SSSR count). The molecule has 2 N–H and O–H groups in total. The Kier molecular flexibility index (Phi) is 7.15. The van der Waals surface area contributed by atoms with E-state index >= 15 is 0 Å². The van der Waals surface area contributed by atoms with Gasteiger partial charge in [-0.15, -0.1) is 0 Å². The zero-order valence-corrected chi connectivity index (χ0v) is 19.7. The number of anilines is 1. The summed E-state index contributed by atoms with van der Waals surface area (Å²) in [5.41, 5.74) is 6.17. The van der Waals surface area contributed by atoms with Crippen LogP contribution in [0.5, 0.6) is 0 Å². The Balaban J connectivity index is 1.30. The molecule has 1 aliphatic rings. The van der Waals surface area contributed by atoms with Crippen LogP contribution in [0.2, 0.25) is 0 Å². The maximum atomic E-state index is 12.5. The minimum atomic E-state index is -1.04. The lowest BCUT2D eigenvalue weighted by Crippen LogP contribution is -2.40. The Morgan fingerprint density at radius 2 is 1.51 bits per heavy atom. The largest absolute Gasteiger partial charge is 0.480 e. The summed E-state index contributed by atoms with van der Waals surface area (Å²) in [5, 5.41) is 11.8. The number of amides is 2. The number of carbonyl (C=O) groups is 3. The van der Waals surface area contributed by atoms with Gasteiger partial charge in [-0.1, -0.05) is 60.7 Å². The third-order valence-corrected chi connectivity index (χ3v) is 6.50. The van der Waals surface area contributed by atoms with E-state index in [1.165, 1.54) is 30.0 Å². The topological polar surface area (TPSA) is 95.9 Å². The van der Waals surface area contributed by atoms with Gasteiger partial charge in [0.1, 0.15) is 12.6 Å². The van der Waals surface area contributed by atoms with Gasteiger partial charge in [0.15, 0.2) is 0 Å². The van der Waals surface area contributed by atoms with Crippen molar-refractivity contribution in [1.29, 1.82) is 0 Å². The fourth-order valence-electron chi connectivity index (χ4n) is 4.32. The smallest absolute Gasteiger partial charge is 0.411 e. The van der Waals surface area contributed by atoms with E-state index in [-0.39, 0.29) is 24.9 Å². The number of benzene rings is 3. The number of ether oxygens (including phenoxy) is 1. The maximum Gasteiger partial charge on any atom is 0.411 e. The molecule has 0 heterocycles. The quantitative estimate of drug-likeness (QED) is 0.486. The number of carbonyl (C=O) groups excluding carboxylic acids is 2. The van der Waals surface area contributed by atoms with Crippen LogP contribution in [0, 0.1) is 0 Å². The van der Waals surface area contributed by atoms with Crippen LogP contribution in [0.4, 0.5) is 10.5 Å². The van der Waals surface area contributed by atoms with Gasteiger partial charge in [-0.3, -0.25) is 10.1 Å². The van der Waals surface area contributed by atoms with E-state index < -0.39 is 18.1 Å². The lowest BCUT2D eigenvalue weighted by Gasteiger charge is -2.21. The number of fused-ring (bicyclic) bond motifs is 3. The summed E-state index contributed by atoms with van der Waals surface area (Å²) >= 11 is 0. The van der Waals surface area contributed by atoms with Crippen LogP contribution in [-0.2, 0) is 20.7 Å². The molecule has 7 nitrogen and oxygen atoms in total. The highest BCUT2D eigenvalue weighted by atomic mass is 16.5. The lowest BCUT2D eigenvalue weighted by molar-refractivity contribution is -0.148. The minimum Gasteiger partial charge on any atom is -0.480 e. The van der Waals surface area contributed by atoms with Crippen molar-refractivity contribution in [3.8, 4) is 11.1 Å². The fourth-order valence-corrected chi connectivity index (χ4v) is 4.32. The molecule has 1 atom stereocenters. The van der Waals surface area contributed by atoms with Crippen LogP contribution >= 0.6 is 0 Å². The van der Waals surface area contributed by atoms with E-state index in [1.807, 2.05) is 36.4 Å². The number of carboxylic acid groups (broad SMARTS) is 1. The van der Waals surface area contributed by atoms with Gasteiger partial charge in [-0.2, -0.15) is 0 Å². The second-order valence-corrected chi connectivity index (χ2v) is 8.67. The summed E-state index contributed by atoms with van der Waals surface area (Å²) in [6, 6.07) is 22.6. The van der Waals surface area contributed by atoms with Crippen molar-refractivity contribution in [2.24, 2.45) is 0 Å². The first kappa shape index (κ1) is 24.0. The predicted molar refractivity (Wildman–Crippen MR) is 133 cm³/mol. The highest BCUT2D eigenvalue weighted by Crippen LogP contribution is 2.44. The van der Waals surface area contributed by atoms with Crippen molar-refractivity contribution in [3.05, 3.63) is 89.5 Å². The zero-order chi connectivity index (χ0) is 24.9. The molecule has 3 aromatic carbocycles. The third kappa shape index (κ3) is 5.35. The van der Waals surface area contributed by atoms with Gasteiger partial charge >= 0.3 is 12.1 Å². The first-order valence-electron chi connectivity index (χ1n) is 11.5. The molecule has 0 saturated heterocycles. The van der Waals surface area contributed by atoms with Gasteiger partial charge < -0.3 is 14.7 Å². The number of rotatable bonds is 8. The summed E-state index contributed by atoms with van der Waals surface area (Å²) in [4.78, 5) is 36.9. The van der Waals surface area contributed by atoms with Crippen molar-refractivity contribution >= 4 is 23.7 Å². The number of hydrogen-bond donors (Lipinski definition) is 2. The van der Waals surface area contributed by atoms with Crippen LogP contribution < -0.4 is 5.32 Å². The highest BCUT2D eigenvalue weighted by molar-refractivity contribution is 5.85. The number of aryl methyl sites for hydroxylation is 1. The van der Waals surface area contributed by atoms with Gasteiger partial charge in [0, 0.05) is 25.1 Å². The molecule has 180 valence electrons. The van der Waals surface area contributed by atoms with E-state index in [0.29, 0.717) is 12.1 Å². The molecule has 3 aromatic rings. The summed E-state index contributed by atoms with van der Waals surface area (Å²) in [6.07, 6.45) is 0.146. The van der Waals surface area contributed by atoms with E-state index in [4.69, 9.17) is 9.84 Å². The molecular weight excluding hydrogens is 444 g/mol. The van der Waals surface area contributed by atoms with Crippen molar-refractivity contribution < 1.29 is 24.2 Å². The predicted octanol–water partition coefficient (Wildman–Crippen LogP) is 4.91. The molecule has 35 heavy (non-hydrogen) atoms. The molecule has 1 aliphatic carbocycles. The highest BCUT2D eigenvalue weighted by Gasteiger charge is 2.29. The number of likely N-dealkylation sites (N-methyl/N-ethyl adjacent to an activating group) is 1. The standard InChI is InChI=1S/C28H28N2O5/c1-18(27(32)33)30(2)26(31)16-13-19-11-14-20(15-12-19)29-28(34)35-17-25-23-9-5-3-7-21(23)22-8-4-6-10-24(22)25/h3-12,14-15,18,25H,13,16-17H2,1-2H3,(H,29,34)(H,32,33)/t18-/m0/s1. The molecule has 0 bridgehead atoms. The molecule has 0 fully saturated rings. The number of hydrogen-bond acceptors (Lipinski definition) is 4. The van der Waals surface area contributed by atoms with Gasteiger partial charge in [0.25, 0.3) is 0 Å². The Hall–Kier alpha value is -4.13. The first-order chi connectivity index (χ1) is 16.8. The number of aliphatic carboxylic acids is 1. The Morgan fingerprint density at radius 1 is 0.943 bits per heavy atom. The molecule has 0 saturated carbocycles. The van der Waals surface area contributed by atoms with E-state index in [1.54, 1.807) is 12.1 Å². The molecule has 7 heteroatoms. The van der Waals surface area contributed by atoms with E-state index in [9.17, 15) is 14.4 Å². The van der Waals surface area contributed by atoms with E-state index in [0.717, 1.165) is 16.7 Å². The van der Waals surface area contributed by atoms with Gasteiger partial charge in [0.05, 0.1) is 0 Å². The number of carboxylic acids is 1. The van der Waals surface area contributed by atoms with Crippen LogP contribution in [0.3, 0.4) is 0 Å². The van der Waals surface area contributed by atoms with E-state index in [2.05, 4.69) is 29.6 Å².